The molecule has 0 aliphatic rings. The molecule has 120 valence electrons. The van der Waals surface area contributed by atoms with Gasteiger partial charge >= 0.3 is 0 Å². The first-order valence-electron chi connectivity index (χ1n) is 7.78. The fourth-order valence-corrected chi connectivity index (χ4v) is 2.32. The number of aliphatic hydroxyl groups excluding tert-OH is 1. The van der Waals surface area contributed by atoms with Crippen LogP contribution in [0.5, 0.6) is 0 Å². The molecule has 0 aliphatic heterocycles. The van der Waals surface area contributed by atoms with E-state index in [1.165, 1.54) is 12.3 Å². The molecule has 0 aliphatic carbocycles. The van der Waals surface area contributed by atoms with Gasteiger partial charge in [-0.1, -0.05) is 6.92 Å². The predicted molar refractivity (Wildman–Crippen MR) is 83.6 cm³/mol. The molecule has 0 aromatic carbocycles. The van der Waals surface area contributed by atoms with Gasteiger partial charge in [0.2, 0.25) is 0 Å². The number of nitrogens with zero attached hydrogens (tertiary/aromatic N) is 2. The van der Waals surface area contributed by atoms with Crippen molar-refractivity contribution in [3.05, 3.63) is 29.8 Å². The standard InChI is InChI=1S/C16H28FN3O/c1-4-8-18-16(15-6-5-14(17)12-19-15)7-9-20(10-11-21)13(2)3/h5-6,12-13,16,18,21H,4,7-11H2,1-3H3. The van der Waals surface area contributed by atoms with E-state index in [2.05, 4.69) is 36.0 Å². The number of aromatic nitrogens is 1. The minimum atomic E-state index is -0.308. The summed E-state index contributed by atoms with van der Waals surface area (Å²) in [4.78, 5) is 6.44. The zero-order chi connectivity index (χ0) is 15.7. The zero-order valence-corrected chi connectivity index (χ0v) is 13.3. The Morgan fingerprint density at radius 2 is 2.10 bits per heavy atom. The number of pyridine rings is 1. The third kappa shape index (κ3) is 6.50. The second-order valence-electron chi connectivity index (χ2n) is 5.55. The smallest absolute Gasteiger partial charge is 0.141 e. The molecular formula is C16H28FN3O. The molecule has 0 saturated carbocycles. The van der Waals surface area contributed by atoms with E-state index in [9.17, 15) is 4.39 Å². The third-order valence-electron chi connectivity index (χ3n) is 3.57. The average Bonchev–Trinajstić information content (AvgIpc) is 2.47. The fraction of sp³-hybridized carbons (Fsp3) is 0.688. The Morgan fingerprint density at radius 3 is 2.62 bits per heavy atom. The maximum atomic E-state index is 13.0. The summed E-state index contributed by atoms with van der Waals surface area (Å²) >= 11 is 0. The normalized spacial score (nSPS) is 13.1. The lowest BCUT2D eigenvalue weighted by Crippen LogP contribution is -2.36. The van der Waals surface area contributed by atoms with Gasteiger partial charge in [0.05, 0.1) is 24.5 Å². The van der Waals surface area contributed by atoms with Crippen molar-refractivity contribution in [1.29, 1.82) is 0 Å². The van der Waals surface area contributed by atoms with Crippen LogP contribution in [0.15, 0.2) is 18.3 Å². The Kier molecular flexibility index (Phi) is 8.42. The molecule has 0 saturated heterocycles. The van der Waals surface area contributed by atoms with Crippen LogP contribution in [-0.4, -0.2) is 47.3 Å². The second-order valence-corrected chi connectivity index (χ2v) is 5.55. The number of hydrogen-bond acceptors (Lipinski definition) is 4. The molecule has 1 rings (SSSR count). The molecule has 5 heteroatoms. The van der Waals surface area contributed by atoms with Crippen molar-refractivity contribution in [1.82, 2.24) is 15.2 Å². The number of nitrogens with one attached hydrogen (secondary N) is 1. The van der Waals surface area contributed by atoms with Gasteiger partial charge in [0.1, 0.15) is 5.82 Å². The van der Waals surface area contributed by atoms with Gasteiger partial charge in [0.25, 0.3) is 0 Å². The molecule has 1 atom stereocenters. The summed E-state index contributed by atoms with van der Waals surface area (Å²) in [5.74, 6) is -0.308. The minimum Gasteiger partial charge on any atom is -0.395 e. The highest BCUT2D eigenvalue weighted by molar-refractivity contribution is 5.10. The van der Waals surface area contributed by atoms with E-state index in [0.717, 1.165) is 31.6 Å². The van der Waals surface area contributed by atoms with E-state index in [1.807, 2.05) is 0 Å². The molecular weight excluding hydrogens is 269 g/mol. The van der Waals surface area contributed by atoms with E-state index in [0.29, 0.717) is 12.6 Å². The maximum absolute atomic E-state index is 13.0. The summed E-state index contributed by atoms with van der Waals surface area (Å²) in [5, 5.41) is 12.6. The first kappa shape index (κ1) is 18.0. The van der Waals surface area contributed by atoms with E-state index >= 15 is 0 Å². The van der Waals surface area contributed by atoms with Gasteiger partial charge in [-0.3, -0.25) is 9.88 Å². The molecule has 4 nitrogen and oxygen atoms in total. The monoisotopic (exact) mass is 297 g/mol. The van der Waals surface area contributed by atoms with Crippen molar-refractivity contribution >= 4 is 0 Å². The van der Waals surface area contributed by atoms with E-state index in [1.54, 1.807) is 6.07 Å². The van der Waals surface area contributed by atoms with Crippen molar-refractivity contribution in [2.75, 3.05) is 26.2 Å². The van der Waals surface area contributed by atoms with Gasteiger partial charge in [-0.15, -0.1) is 0 Å². The van der Waals surface area contributed by atoms with Gasteiger partial charge in [-0.2, -0.15) is 0 Å². The summed E-state index contributed by atoms with van der Waals surface area (Å²) < 4.78 is 13.0. The van der Waals surface area contributed by atoms with Gasteiger partial charge in [-0.25, -0.2) is 4.39 Å². The lowest BCUT2D eigenvalue weighted by molar-refractivity contribution is 0.159. The third-order valence-corrected chi connectivity index (χ3v) is 3.57. The molecule has 2 N–H and O–H groups in total. The van der Waals surface area contributed by atoms with Gasteiger partial charge in [0.15, 0.2) is 0 Å². The Labute approximate surface area is 127 Å². The largest absolute Gasteiger partial charge is 0.395 e. The van der Waals surface area contributed by atoms with E-state index in [-0.39, 0.29) is 18.5 Å². The lowest BCUT2D eigenvalue weighted by Gasteiger charge is -2.28. The van der Waals surface area contributed by atoms with Crippen LogP contribution in [0.25, 0.3) is 0 Å². The van der Waals surface area contributed by atoms with Crippen LogP contribution >= 0.6 is 0 Å². The molecule has 1 heterocycles. The Morgan fingerprint density at radius 1 is 1.33 bits per heavy atom. The van der Waals surface area contributed by atoms with Gasteiger partial charge in [-0.05, 0) is 45.4 Å². The van der Waals surface area contributed by atoms with Crippen LogP contribution < -0.4 is 5.32 Å². The SMILES string of the molecule is CCCNC(CCN(CCO)C(C)C)c1ccc(F)cn1. The van der Waals surface area contributed by atoms with Crippen molar-refractivity contribution < 1.29 is 9.50 Å². The number of halogens is 1. The van der Waals surface area contributed by atoms with Crippen LogP contribution in [-0.2, 0) is 0 Å². The Balaban J connectivity index is 2.66. The molecule has 1 unspecified atom stereocenters. The summed E-state index contributed by atoms with van der Waals surface area (Å²) in [6, 6.07) is 3.71. The minimum absolute atomic E-state index is 0.116. The second kappa shape index (κ2) is 9.82. The number of hydrogen-bond donors (Lipinski definition) is 2. The molecule has 21 heavy (non-hydrogen) atoms. The van der Waals surface area contributed by atoms with Crippen LogP contribution in [0.1, 0.15) is 45.3 Å². The van der Waals surface area contributed by atoms with Crippen LogP contribution in [0.3, 0.4) is 0 Å². The first-order chi connectivity index (χ1) is 10.1. The first-order valence-corrected chi connectivity index (χ1v) is 7.78. The lowest BCUT2D eigenvalue weighted by atomic mass is 10.1. The highest BCUT2D eigenvalue weighted by atomic mass is 19.1. The average molecular weight is 297 g/mol. The molecule has 0 fully saturated rings. The fourth-order valence-electron chi connectivity index (χ4n) is 2.32. The Hall–Kier alpha value is -1.04. The van der Waals surface area contributed by atoms with Crippen LogP contribution in [0.2, 0.25) is 0 Å². The molecule has 0 amide bonds. The molecule has 0 radical (unpaired) electrons. The van der Waals surface area contributed by atoms with Crippen molar-refractivity contribution in [3.63, 3.8) is 0 Å². The highest BCUT2D eigenvalue weighted by Gasteiger charge is 2.16. The van der Waals surface area contributed by atoms with Crippen molar-refractivity contribution in [2.24, 2.45) is 0 Å². The summed E-state index contributed by atoms with van der Waals surface area (Å²) in [7, 11) is 0. The Bertz CT molecular complexity index is 384. The van der Waals surface area contributed by atoms with E-state index < -0.39 is 0 Å². The molecule has 1 aromatic rings. The number of aliphatic hydroxyl groups is 1. The summed E-state index contributed by atoms with van der Waals surface area (Å²) in [6.07, 6.45) is 3.20. The summed E-state index contributed by atoms with van der Waals surface area (Å²) in [5.41, 5.74) is 0.873. The van der Waals surface area contributed by atoms with E-state index in [4.69, 9.17) is 5.11 Å². The zero-order valence-electron chi connectivity index (χ0n) is 13.3. The van der Waals surface area contributed by atoms with Gasteiger partial charge in [0, 0.05) is 19.1 Å². The summed E-state index contributed by atoms with van der Waals surface area (Å²) in [6.45, 7) is 8.99. The maximum Gasteiger partial charge on any atom is 0.141 e. The van der Waals surface area contributed by atoms with Gasteiger partial charge < -0.3 is 10.4 Å². The van der Waals surface area contributed by atoms with Crippen molar-refractivity contribution in [2.45, 2.75) is 45.7 Å². The van der Waals surface area contributed by atoms with Crippen LogP contribution in [0, 0.1) is 5.82 Å². The predicted octanol–water partition coefficient (Wildman–Crippen LogP) is 2.35. The molecule has 1 aromatic heterocycles. The molecule has 0 bridgehead atoms. The van der Waals surface area contributed by atoms with Crippen LogP contribution in [0.4, 0.5) is 4.39 Å². The highest BCUT2D eigenvalue weighted by Crippen LogP contribution is 2.16. The number of rotatable bonds is 10. The van der Waals surface area contributed by atoms with Crippen molar-refractivity contribution in [3.8, 4) is 0 Å². The topological polar surface area (TPSA) is 48.4 Å². The molecule has 0 spiro atoms. The quantitative estimate of drug-likeness (QED) is 0.696.